The van der Waals surface area contributed by atoms with Crippen LogP contribution in [0.3, 0.4) is 0 Å². The van der Waals surface area contributed by atoms with Crippen molar-refractivity contribution >= 4 is 32.6 Å². The molecular formula is C15H19N3OS. The number of hydrogen-bond acceptors (Lipinski definition) is 4. The molecule has 1 fully saturated rings. The van der Waals surface area contributed by atoms with Crippen LogP contribution < -0.4 is 5.73 Å². The van der Waals surface area contributed by atoms with E-state index in [1.54, 1.807) is 0 Å². The van der Waals surface area contributed by atoms with Crippen LogP contribution in [-0.2, 0) is 0 Å². The third-order valence-electron chi connectivity index (χ3n) is 4.14. The van der Waals surface area contributed by atoms with E-state index in [0.717, 1.165) is 35.0 Å². The molecule has 0 bridgehead atoms. The van der Waals surface area contributed by atoms with Crippen LogP contribution in [0.4, 0.5) is 5.13 Å². The second-order valence-electron chi connectivity index (χ2n) is 5.44. The van der Waals surface area contributed by atoms with Crippen LogP contribution >= 0.6 is 11.3 Å². The fourth-order valence-corrected chi connectivity index (χ4v) is 3.84. The van der Waals surface area contributed by atoms with Gasteiger partial charge in [-0.1, -0.05) is 18.3 Å². The van der Waals surface area contributed by atoms with Gasteiger partial charge in [-0.3, -0.25) is 4.79 Å². The Morgan fingerprint density at radius 2 is 2.30 bits per heavy atom. The lowest BCUT2D eigenvalue weighted by molar-refractivity contribution is 0.0676. The number of anilines is 1. The van der Waals surface area contributed by atoms with Gasteiger partial charge in [0.1, 0.15) is 0 Å². The van der Waals surface area contributed by atoms with E-state index in [1.807, 2.05) is 23.1 Å². The number of rotatable bonds is 2. The quantitative estimate of drug-likeness (QED) is 0.923. The normalized spacial score (nSPS) is 22.6. The lowest BCUT2D eigenvalue weighted by Gasteiger charge is -2.28. The Morgan fingerprint density at radius 1 is 1.50 bits per heavy atom. The van der Waals surface area contributed by atoms with Gasteiger partial charge in [-0.25, -0.2) is 4.98 Å². The number of carbonyl (C=O) groups is 1. The molecule has 2 aromatic rings. The Bertz CT molecular complexity index is 652. The van der Waals surface area contributed by atoms with Crippen molar-refractivity contribution in [2.24, 2.45) is 0 Å². The molecule has 1 amide bonds. The first-order valence-corrected chi connectivity index (χ1v) is 7.90. The van der Waals surface area contributed by atoms with Crippen molar-refractivity contribution in [3.63, 3.8) is 0 Å². The number of nitrogens with two attached hydrogens (primary N) is 1. The molecule has 4 nitrogen and oxygen atoms in total. The van der Waals surface area contributed by atoms with E-state index >= 15 is 0 Å². The van der Waals surface area contributed by atoms with Gasteiger partial charge >= 0.3 is 0 Å². The standard InChI is InChI=1S/C15H19N3OS/c1-3-11-6-4-9(2)18(11)14(19)10-5-7-12-13(8-10)20-15(16)17-12/h5,7-9,11H,3-4,6H2,1-2H3,(H2,16,17). The molecule has 0 aliphatic carbocycles. The highest BCUT2D eigenvalue weighted by Crippen LogP contribution is 2.30. The molecule has 2 N–H and O–H groups in total. The highest BCUT2D eigenvalue weighted by atomic mass is 32.1. The Labute approximate surface area is 122 Å². The largest absolute Gasteiger partial charge is 0.375 e. The lowest BCUT2D eigenvalue weighted by Crippen LogP contribution is -2.39. The first-order valence-electron chi connectivity index (χ1n) is 7.09. The summed E-state index contributed by atoms with van der Waals surface area (Å²) in [6, 6.07) is 6.37. The van der Waals surface area contributed by atoms with Gasteiger partial charge in [0.25, 0.3) is 5.91 Å². The summed E-state index contributed by atoms with van der Waals surface area (Å²) < 4.78 is 0.980. The van der Waals surface area contributed by atoms with Crippen molar-refractivity contribution in [3.05, 3.63) is 23.8 Å². The molecule has 3 rings (SSSR count). The average Bonchev–Trinajstić information content (AvgIpc) is 2.98. The molecule has 1 aromatic carbocycles. The molecule has 1 aliphatic heterocycles. The molecule has 2 unspecified atom stereocenters. The minimum absolute atomic E-state index is 0.135. The second-order valence-corrected chi connectivity index (χ2v) is 6.50. The third kappa shape index (κ3) is 2.16. The average molecular weight is 289 g/mol. The molecule has 2 heterocycles. The van der Waals surface area contributed by atoms with Crippen LogP contribution in [0, 0.1) is 0 Å². The molecule has 1 aromatic heterocycles. The zero-order valence-electron chi connectivity index (χ0n) is 11.8. The van der Waals surface area contributed by atoms with Crippen LogP contribution in [0.1, 0.15) is 43.5 Å². The topological polar surface area (TPSA) is 59.2 Å². The summed E-state index contributed by atoms with van der Waals surface area (Å²) in [6.45, 7) is 4.28. The third-order valence-corrected chi connectivity index (χ3v) is 4.99. The minimum atomic E-state index is 0.135. The van der Waals surface area contributed by atoms with Gasteiger partial charge in [0, 0.05) is 17.6 Å². The second kappa shape index (κ2) is 5.05. The summed E-state index contributed by atoms with van der Waals surface area (Å²) in [4.78, 5) is 19.0. The molecule has 0 radical (unpaired) electrons. The Kier molecular flexibility index (Phi) is 3.38. The fraction of sp³-hybridized carbons (Fsp3) is 0.467. The summed E-state index contributed by atoms with van der Waals surface area (Å²) >= 11 is 1.43. The summed E-state index contributed by atoms with van der Waals surface area (Å²) in [7, 11) is 0. The number of thiazole rings is 1. The van der Waals surface area contributed by atoms with Gasteiger partial charge in [-0.15, -0.1) is 0 Å². The SMILES string of the molecule is CCC1CCC(C)N1C(=O)c1ccc2nc(N)sc2c1. The number of likely N-dealkylation sites (tertiary alicyclic amines) is 1. The van der Waals surface area contributed by atoms with E-state index in [4.69, 9.17) is 5.73 Å². The van der Waals surface area contributed by atoms with Crippen LogP contribution in [0.15, 0.2) is 18.2 Å². The number of nitrogen functional groups attached to an aromatic ring is 1. The number of carbonyl (C=O) groups excluding carboxylic acids is 1. The van der Waals surface area contributed by atoms with E-state index in [-0.39, 0.29) is 5.91 Å². The first kappa shape index (κ1) is 13.4. The molecular weight excluding hydrogens is 270 g/mol. The monoisotopic (exact) mass is 289 g/mol. The molecule has 106 valence electrons. The van der Waals surface area contributed by atoms with E-state index in [9.17, 15) is 4.79 Å². The molecule has 20 heavy (non-hydrogen) atoms. The van der Waals surface area contributed by atoms with Crippen molar-refractivity contribution < 1.29 is 4.79 Å². The van der Waals surface area contributed by atoms with Crippen LogP contribution in [0.2, 0.25) is 0 Å². The van der Waals surface area contributed by atoms with Crippen molar-refractivity contribution in [2.75, 3.05) is 5.73 Å². The maximum Gasteiger partial charge on any atom is 0.254 e. The van der Waals surface area contributed by atoms with Crippen molar-refractivity contribution in [1.29, 1.82) is 0 Å². The number of fused-ring (bicyclic) bond motifs is 1. The lowest BCUT2D eigenvalue weighted by atomic mass is 10.1. The summed E-state index contributed by atoms with van der Waals surface area (Å²) in [5.41, 5.74) is 7.33. The van der Waals surface area contributed by atoms with Gasteiger partial charge in [0.2, 0.25) is 0 Å². The summed E-state index contributed by atoms with van der Waals surface area (Å²) in [5.74, 6) is 0.135. The van der Waals surface area contributed by atoms with Crippen molar-refractivity contribution in [2.45, 2.75) is 45.2 Å². The molecule has 1 saturated heterocycles. The molecule has 5 heteroatoms. The Balaban J connectivity index is 1.95. The fourth-order valence-electron chi connectivity index (χ4n) is 3.06. The van der Waals surface area contributed by atoms with Crippen LogP contribution in [0.25, 0.3) is 10.2 Å². The van der Waals surface area contributed by atoms with Crippen molar-refractivity contribution in [3.8, 4) is 0 Å². The van der Waals surface area contributed by atoms with Crippen molar-refractivity contribution in [1.82, 2.24) is 9.88 Å². The van der Waals surface area contributed by atoms with Gasteiger partial charge in [-0.2, -0.15) is 0 Å². The first-order chi connectivity index (χ1) is 9.60. The molecule has 1 aliphatic rings. The minimum Gasteiger partial charge on any atom is -0.375 e. The number of benzene rings is 1. The van der Waals surface area contributed by atoms with Gasteiger partial charge < -0.3 is 10.6 Å². The maximum absolute atomic E-state index is 12.8. The number of nitrogens with zero attached hydrogens (tertiary/aromatic N) is 2. The summed E-state index contributed by atoms with van der Waals surface area (Å²) in [6.07, 6.45) is 3.23. The van der Waals surface area contributed by atoms with Crippen LogP contribution in [-0.4, -0.2) is 27.9 Å². The highest BCUT2D eigenvalue weighted by molar-refractivity contribution is 7.22. The van der Waals surface area contributed by atoms with Gasteiger partial charge in [0.15, 0.2) is 5.13 Å². The number of aromatic nitrogens is 1. The molecule has 0 saturated carbocycles. The predicted octanol–water partition coefficient (Wildman–Crippen LogP) is 3.28. The van der Waals surface area contributed by atoms with E-state index in [2.05, 4.69) is 18.8 Å². The van der Waals surface area contributed by atoms with E-state index in [1.165, 1.54) is 11.3 Å². The number of amides is 1. The summed E-state index contributed by atoms with van der Waals surface area (Å²) in [5, 5.41) is 0.547. The van der Waals surface area contributed by atoms with Gasteiger partial charge in [-0.05, 0) is 44.4 Å². The Morgan fingerprint density at radius 3 is 3.05 bits per heavy atom. The van der Waals surface area contributed by atoms with E-state index < -0.39 is 0 Å². The zero-order chi connectivity index (χ0) is 14.3. The van der Waals surface area contributed by atoms with E-state index in [0.29, 0.717) is 17.2 Å². The van der Waals surface area contributed by atoms with Gasteiger partial charge in [0.05, 0.1) is 10.2 Å². The Hall–Kier alpha value is -1.62. The predicted molar refractivity (Wildman–Crippen MR) is 83.0 cm³/mol. The molecule has 2 atom stereocenters. The number of hydrogen-bond donors (Lipinski definition) is 1. The molecule has 0 spiro atoms. The smallest absolute Gasteiger partial charge is 0.254 e. The maximum atomic E-state index is 12.8. The highest BCUT2D eigenvalue weighted by Gasteiger charge is 2.33. The van der Waals surface area contributed by atoms with Crippen LogP contribution in [0.5, 0.6) is 0 Å². The zero-order valence-corrected chi connectivity index (χ0v) is 12.6.